The van der Waals surface area contributed by atoms with Gasteiger partial charge in [-0.1, -0.05) is 12.7 Å². The lowest BCUT2D eigenvalue weighted by Gasteiger charge is -1.87. The zero-order valence-corrected chi connectivity index (χ0v) is 5.39. The largest absolute Gasteiger partial charge is 0.399 e. The molecule has 0 saturated carbocycles. The second-order valence-electron chi connectivity index (χ2n) is 1.59. The minimum atomic E-state index is -0.523. The molecule has 0 saturated heterocycles. The van der Waals surface area contributed by atoms with Gasteiger partial charge in [-0.2, -0.15) is 0 Å². The van der Waals surface area contributed by atoms with E-state index in [2.05, 4.69) is 6.58 Å². The molecule has 0 radical (unpaired) electrons. The summed E-state index contributed by atoms with van der Waals surface area (Å²) in [7, 11) is 0. The van der Waals surface area contributed by atoms with E-state index >= 15 is 0 Å². The highest BCUT2D eigenvalue weighted by Gasteiger charge is 1.82. The van der Waals surface area contributed by atoms with E-state index in [1.807, 2.05) is 6.92 Å². The molecule has 1 nitrogen and oxygen atoms in total. The highest BCUT2D eigenvalue weighted by molar-refractivity contribution is 5.21. The van der Waals surface area contributed by atoms with Crippen molar-refractivity contribution in [2.45, 2.75) is 6.92 Å². The Balaban J connectivity index is 4.00. The van der Waals surface area contributed by atoms with Gasteiger partial charge in [-0.05, 0) is 19.1 Å². The molecule has 0 aromatic carbocycles. The Bertz CT molecular complexity index is 156. The standard InChI is InChI=1S/C7H10FN/c1-3-4-7(9)5-6(2)8/h3-5H,2,9H2,1H3/b4-3-,7-5+. The first-order valence-corrected chi connectivity index (χ1v) is 2.61. The van der Waals surface area contributed by atoms with Gasteiger partial charge in [0.05, 0.1) is 0 Å². The van der Waals surface area contributed by atoms with E-state index in [9.17, 15) is 4.39 Å². The van der Waals surface area contributed by atoms with Crippen molar-refractivity contribution in [1.29, 1.82) is 0 Å². The fourth-order valence-corrected chi connectivity index (χ4v) is 0.421. The summed E-state index contributed by atoms with van der Waals surface area (Å²) in [6.07, 6.45) is 4.50. The third-order valence-electron chi connectivity index (χ3n) is 0.682. The van der Waals surface area contributed by atoms with Gasteiger partial charge in [0.2, 0.25) is 0 Å². The van der Waals surface area contributed by atoms with Gasteiger partial charge in [0, 0.05) is 5.70 Å². The van der Waals surface area contributed by atoms with Crippen LogP contribution in [0.4, 0.5) is 4.39 Å². The molecule has 0 aliphatic heterocycles. The predicted molar refractivity (Wildman–Crippen MR) is 37.3 cm³/mol. The highest BCUT2D eigenvalue weighted by atomic mass is 19.1. The second-order valence-corrected chi connectivity index (χ2v) is 1.59. The lowest BCUT2D eigenvalue weighted by atomic mass is 10.3. The molecule has 0 amide bonds. The number of allylic oxidation sites excluding steroid dienone is 4. The van der Waals surface area contributed by atoms with E-state index in [0.717, 1.165) is 0 Å². The Morgan fingerprint density at radius 3 is 2.56 bits per heavy atom. The molecule has 2 N–H and O–H groups in total. The van der Waals surface area contributed by atoms with Crippen LogP contribution in [0.25, 0.3) is 0 Å². The molecule has 9 heavy (non-hydrogen) atoms. The van der Waals surface area contributed by atoms with Crippen LogP contribution in [0.3, 0.4) is 0 Å². The molecule has 0 aromatic heterocycles. The van der Waals surface area contributed by atoms with Gasteiger partial charge in [0.25, 0.3) is 0 Å². The maximum absolute atomic E-state index is 11.9. The van der Waals surface area contributed by atoms with Crippen molar-refractivity contribution in [3.05, 3.63) is 36.3 Å². The van der Waals surface area contributed by atoms with E-state index in [1.54, 1.807) is 12.2 Å². The Morgan fingerprint density at radius 2 is 2.22 bits per heavy atom. The van der Waals surface area contributed by atoms with Gasteiger partial charge < -0.3 is 5.73 Å². The quantitative estimate of drug-likeness (QED) is 0.563. The zero-order chi connectivity index (χ0) is 7.28. The summed E-state index contributed by atoms with van der Waals surface area (Å²) in [5.74, 6) is -0.523. The average molecular weight is 127 g/mol. The summed E-state index contributed by atoms with van der Waals surface area (Å²) in [4.78, 5) is 0. The smallest absolute Gasteiger partial charge is 0.118 e. The van der Waals surface area contributed by atoms with E-state index in [-0.39, 0.29) is 0 Å². The molecule has 0 aromatic rings. The molecular formula is C7H10FN. The summed E-state index contributed by atoms with van der Waals surface area (Å²) in [6, 6.07) is 0. The van der Waals surface area contributed by atoms with Crippen molar-refractivity contribution in [2.24, 2.45) is 5.73 Å². The normalized spacial score (nSPS) is 12.4. The van der Waals surface area contributed by atoms with Crippen LogP contribution in [0.15, 0.2) is 36.3 Å². The highest BCUT2D eigenvalue weighted by Crippen LogP contribution is 1.96. The van der Waals surface area contributed by atoms with Gasteiger partial charge >= 0.3 is 0 Å². The van der Waals surface area contributed by atoms with Gasteiger partial charge in [-0.25, -0.2) is 4.39 Å². The van der Waals surface area contributed by atoms with Gasteiger partial charge in [0.1, 0.15) is 5.83 Å². The van der Waals surface area contributed by atoms with Crippen molar-refractivity contribution in [3.63, 3.8) is 0 Å². The molecule has 0 atom stereocenters. The fourth-order valence-electron chi connectivity index (χ4n) is 0.421. The molecular weight excluding hydrogens is 117 g/mol. The van der Waals surface area contributed by atoms with Crippen molar-refractivity contribution in [1.82, 2.24) is 0 Å². The van der Waals surface area contributed by atoms with E-state index in [0.29, 0.717) is 5.70 Å². The molecule has 0 unspecified atom stereocenters. The van der Waals surface area contributed by atoms with Crippen molar-refractivity contribution >= 4 is 0 Å². The average Bonchev–Trinajstić information content (AvgIpc) is 1.63. The van der Waals surface area contributed by atoms with Crippen LogP contribution < -0.4 is 5.73 Å². The van der Waals surface area contributed by atoms with Crippen LogP contribution in [0.1, 0.15) is 6.92 Å². The molecule has 0 aliphatic carbocycles. The summed E-state index contributed by atoms with van der Waals surface area (Å²) < 4.78 is 11.9. The maximum atomic E-state index is 11.9. The Kier molecular flexibility index (Phi) is 3.44. The third-order valence-corrected chi connectivity index (χ3v) is 0.682. The van der Waals surface area contributed by atoms with Gasteiger partial charge in [-0.15, -0.1) is 0 Å². The predicted octanol–water partition coefficient (Wildman–Crippen LogP) is 1.89. The van der Waals surface area contributed by atoms with Crippen molar-refractivity contribution in [3.8, 4) is 0 Å². The zero-order valence-electron chi connectivity index (χ0n) is 5.39. The van der Waals surface area contributed by atoms with Gasteiger partial charge in [-0.3, -0.25) is 0 Å². The minimum absolute atomic E-state index is 0.380. The molecule has 0 heterocycles. The Hall–Kier alpha value is -1.05. The van der Waals surface area contributed by atoms with Crippen LogP contribution >= 0.6 is 0 Å². The number of nitrogens with two attached hydrogens (primary N) is 1. The number of hydrogen-bond acceptors (Lipinski definition) is 1. The lowest BCUT2D eigenvalue weighted by Crippen LogP contribution is -1.91. The monoisotopic (exact) mass is 127 g/mol. The fraction of sp³-hybridized carbons (Fsp3) is 0.143. The lowest BCUT2D eigenvalue weighted by molar-refractivity contribution is 0.670. The van der Waals surface area contributed by atoms with Crippen LogP contribution in [-0.2, 0) is 0 Å². The molecule has 50 valence electrons. The summed E-state index contributed by atoms with van der Waals surface area (Å²) in [5.41, 5.74) is 5.64. The number of rotatable bonds is 2. The van der Waals surface area contributed by atoms with Crippen LogP contribution in [0.2, 0.25) is 0 Å². The first-order chi connectivity index (χ1) is 4.16. The number of halogens is 1. The van der Waals surface area contributed by atoms with E-state index in [1.165, 1.54) is 6.08 Å². The third kappa shape index (κ3) is 4.81. The first kappa shape index (κ1) is 7.95. The first-order valence-electron chi connectivity index (χ1n) is 2.61. The molecule has 0 bridgehead atoms. The minimum Gasteiger partial charge on any atom is -0.399 e. The van der Waals surface area contributed by atoms with E-state index < -0.39 is 5.83 Å². The van der Waals surface area contributed by atoms with Crippen LogP contribution in [-0.4, -0.2) is 0 Å². The number of hydrogen-bond donors (Lipinski definition) is 1. The van der Waals surface area contributed by atoms with Crippen LogP contribution in [0, 0.1) is 0 Å². The molecule has 0 aliphatic rings. The summed E-state index contributed by atoms with van der Waals surface area (Å²) >= 11 is 0. The molecule has 0 rings (SSSR count). The van der Waals surface area contributed by atoms with Crippen molar-refractivity contribution < 1.29 is 4.39 Å². The topological polar surface area (TPSA) is 26.0 Å². The molecule has 0 spiro atoms. The second kappa shape index (κ2) is 3.89. The summed E-state index contributed by atoms with van der Waals surface area (Å²) in [6.45, 7) is 4.83. The van der Waals surface area contributed by atoms with Gasteiger partial charge in [0.15, 0.2) is 0 Å². The summed E-state index contributed by atoms with van der Waals surface area (Å²) in [5, 5.41) is 0. The van der Waals surface area contributed by atoms with Crippen LogP contribution in [0.5, 0.6) is 0 Å². The van der Waals surface area contributed by atoms with Crippen molar-refractivity contribution in [2.75, 3.05) is 0 Å². The Morgan fingerprint density at radius 1 is 1.67 bits per heavy atom. The SMILES string of the molecule is C=C(F)/C=C(N)\C=C/C. The molecule has 0 fully saturated rings. The Labute approximate surface area is 54.4 Å². The maximum Gasteiger partial charge on any atom is 0.118 e. The molecule has 2 heteroatoms. The van der Waals surface area contributed by atoms with E-state index in [4.69, 9.17) is 5.73 Å².